The van der Waals surface area contributed by atoms with Gasteiger partial charge in [-0.15, -0.1) is 13.2 Å². The Labute approximate surface area is 107 Å². The fraction of sp³-hybridized carbons (Fsp3) is 0.364. The van der Waals surface area contributed by atoms with E-state index in [1.807, 2.05) is 0 Å². The molecule has 1 rings (SSSR count). The third-order valence-corrected chi connectivity index (χ3v) is 1.93. The molecule has 106 valence electrons. The van der Waals surface area contributed by atoms with Crippen LogP contribution in [0.15, 0.2) is 24.3 Å². The number of benzene rings is 1. The van der Waals surface area contributed by atoms with E-state index < -0.39 is 12.4 Å². The molecule has 8 heteroatoms. The number of ether oxygens (including phenoxy) is 1. The van der Waals surface area contributed by atoms with Crippen LogP contribution in [0.2, 0.25) is 0 Å². The molecular formula is C11H14F3N3O2. The number of hydrogen-bond donors (Lipinski definition) is 3. The lowest BCUT2D eigenvalue weighted by molar-refractivity contribution is -0.274. The molecule has 0 heterocycles. The Hall–Kier alpha value is -1.96. The van der Waals surface area contributed by atoms with Crippen LogP contribution < -0.4 is 21.1 Å². The van der Waals surface area contributed by atoms with Gasteiger partial charge in [-0.05, 0) is 31.2 Å². The van der Waals surface area contributed by atoms with E-state index in [0.29, 0.717) is 12.2 Å². The molecule has 0 bridgehead atoms. The summed E-state index contributed by atoms with van der Waals surface area (Å²) in [5.74, 6) is -0.353. The van der Waals surface area contributed by atoms with Crippen molar-refractivity contribution < 1.29 is 22.7 Å². The van der Waals surface area contributed by atoms with Crippen molar-refractivity contribution in [3.8, 4) is 5.75 Å². The van der Waals surface area contributed by atoms with E-state index in [-0.39, 0.29) is 11.8 Å². The molecule has 0 aromatic heterocycles. The monoisotopic (exact) mass is 277 g/mol. The normalized spacial score (nSPS) is 12.7. The van der Waals surface area contributed by atoms with Gasteiger partial charge in [0.25, 0.3) is 0 Å². The summed E-state index contributed by atoms with van der Waals surface area (Å²) in [6.07, 6.45) is -4.73. The number of nitrogens with one attached hydrogen (secondary N) is 2. The Bertz CT molecular complexity index is 418. The van der Waals surface area contributed by atoms with Crippen LogP contribution in [0, 0.1) is 0 Å². The lowest BCUT2D eigenvalue weighted by Crippen LogP contribution is -2.37. The molecule has 19 heavy (non-hydrogen) atoms. The molecule has 0 aliphatic carbocycles. The van der Waals surface area contributed by atoms with Gasteiger partial charge in [-0.1, -0.05) is 0 Å². The molecule has 2 amide bonds. The molecule has 5 nitrogen and oxygen atoms in total. The molecule has 0 fully saturated rings. The third-order valence-electron chi connectivity index (χ3n) is 1.93. The van der Waals surface area contributed by atoms with Gasteiger partial charge in [0.2, 0.25) is 0 Å². The van der Waals surface area contributed by atoms with Crippen molar-refractivity contribution in [1.82, 2.24) is 5.32 Å². The molecule has 1 aromatic carbocycles. The summed E-state index contributed by atoms with van der Waals surface area (Å²) in [5, 5.41) is 4.94. The summed E-state index contributed by atoms with van der Waals surface area (Å²) in [6.45, 7) is 2.02. The number of anilines is 1. The van der Waals surface area contributed by atoms with Gasteiger partial charge in [-0.25, -0.2) is 4.79 Å². The van der Waals surface area contributed by atoms with Crippen LogP contribution in [0.1, 0.15) is 6.92 Å². The Morgan fingerprint density at radius 1 is 1.37 bits per heavy atom. The van der Waals surface area contributed by atoms with Gasteiger partial charge in [-0.2, -0.15) is 0 Å². The first-order valence-corrected chi connectivity index (χ1v) is 5.42. The molecule has 4 N–H and O–H groups in total. The predicted octanol–water partition coefficient (Wildman–Crippen LogP) is 2.05. The second kappa shape index (κ2) is 6.28. The van der Waals surface area contributed by atoms with Crippen molar-refractivity contribution >= 4 is 11.7 Å². The number of amides is 2. The van der Waals surface area contributed by atoms with Crippen LogP contribution in [0.25, 0.3) is 0 Å². The molecule has 0 aliphatic rings. The first-order valence-electron chi connectivity index (χ1n) is 5.42. The van der Waals surface area contributed by atoms with Crippen molar-refractivity contribution in [2.24, 2.45) is 5.73 Å². The van der Waals surface area contributed by atoms with Crippen LogP contribution >= 0.6 is 0 Å². The van der Waals surface area contributed by atoms with Gasteiger partial charge in [0.15, 0.2) is 0 Å². The van der Waals surface area contributed by atoms with Crippen LogP contribution in [0.5, 0.6) is 5.75 Å². The highest BCUT2D eigenvalue weighted by molar-refractivity contribution is 5.89. The fourth-order valence-corrected chi connectivity index (χ4v) is 1.17. The Kier molecular flexibility index (Phi) is 4.99. The third kappa shape index (κ3) is 6.51. The second-order valence-corrected chi connectivity index (χ2v) is 3.88. The number of carbonyl (C=O) groups excluding carboxylic acids is 1. The number of nitrogens with two attached hydrogens (primary N) is 1. The summed E-state index contributed by atoms with van der Waals surface area (Å²) >= 11 is 0. The summed E-state index contributed by atoms with van der Waals surface area (Å²) in [7, 11) is 0. The minimum atomic E-state index is -4.73. The van der Waals surface area contributed by atoms with E-state index >= 15 is 0 Å². The SMILES string of the molecule is CC(N)CNC(=O)Nc1ccc(OC(F)(F)F)cc1. The molecule has 0 spiro atoms. The highest BCUT2D eigenvalue weighted by Crippen LogP contribution is 2.23. The average molecular weight is 277 g/mol. The smallest absolute Gasteiger partial charge is 0.406 e. The molecular weight excluding hydrogens is 263 g/mol. The van der Waals surface area contributed by atoms with Gasteiger partial charge >= 0.3 is 12.4 Å². The van der Waals surface area contributed by atoms with E-state index in [4.69, 9.17) is 5.73 Å². The highest BCUT2D eigenvalue weighted by Gasteiger charge is 2.30. The van der Waals surface area contributed by atoms with Crippen molar-refractivity contribution in [2.45, 2.75) is 19.3 Å². The van der Waals surface area contributed by atoms with Gasteiger partial charge in [0.05, 0.1) is 0 Å². The summed E-state index contributed by atoms with van der Waals surface area (Å²) in [5.41, 5.74) is 5.79. The summed E-state index contributed by atoms with van der Waals surface area (Å²) in [6, 6.07) is 4.14. The topological polar surface area (TPSA) is 76.4 Å². The van der Waals surface area contributed by atoms with Crippen LogP contribution in [0.3, 0.4) is 0 Å². The van der Waals surface area contributed by atoms with E-state index in [1.165, 1.54) is 12.1 Å². The van der Waals surface area contributed by atoms with Crippen LogP contribution in [-0.4, -0.2) is 25.0 Å². The number of urea groups is 1. The fourth-order valence-electron chi connectivity index (χ4n) is 1.17. The molecule has 0 saturated carbocycles. The zero-order valence-electron chi connectivity index (χ0n) is 10.1. The number of alkyl halides is 3. The minimum Gasteiger partial charge on any atom is -0.406 e. The zero-order valence-corrected chi connectivity index (χ0v) is 10.1. The summed E-state index contributed by atoms with van der Waals surface area (Å²) < 4.78 is 39.4. The molecule has 1 atom stereocenters. The van der Waals surface area contributed by atoms with E-state index in [0.717, 1.165) is 12.1 Å². The highest BCUT2D eigenvalue weighted by atomic mass is 19.4. The van der Waals surface area contributed by atoms with Gasteiger partial charge in [0.1, 0.15) is 5.75 Å². The zero-order chi connectivity index (χ0) is 14.5. The summed E-state index contributed by atoms with van der Waals surface area (Å²) in [4.78, 5) is 11.3. The largest absolute Gasteiger partial charge is 0.573 e. The van der Waals surface area contributed by atoms with Gasteiger partial charge < -0.3 is 21.1 Å². The van der Waals surface area contributed by atoms with Crippen molar-refractivity contribution in [3.63, 3.8) is 0 Å². The predicted molar refractivity (Wildman–Crippen MR) is 63.8 cm³/mol. The number of rotatable bonds is 4. The van der Waals surface area contributed by atoms with Crippen molar-refractivity contribution in [3.05, 3.63) is 24.3 Å². The first kappa shape index (κ1) is 15.1. The van der Waals surface area contributed by atoms with Crippen molar-refractivity contribution in [2.75, 3.05) is 11.9 Å². The van der Waals surface area contributed by atoms with Gasteiger partial charge in [-0.3, -0.25) is 0 Å². The first-order chi connectivity index (χ1) is 8.76. The Morgan fingerprint density at radius 3 is 2.42 bits per heavy atom. The number of hydrogen-bond acceptors (Lipinski definition) is 3. The second-order valence-electron chi connectivity index (χ2n) is 3.88. The molecule has 0 saturated heterocycles. The molecule has 0 aliphatic heterocycles. The molecule has 1 aromatic rings. The van der Waals surface area contributed by atoms with E-state index in [1.54, 1.807) is 6.92 Å². The maximum Gasteiger partial charge on any atom is 0.573 e. The lowest BCUT2D eigenvalue weighted by Gasteiger charge is -2.11. The standard InChI is InChI=1S/C11H14F3N3O2/c1-7(15)6-16-10(18)17-8-2-4-9(5-3-8)19-11(12,13)14/h2-5,7H,6,15H2,1H3,(H2,16,17,18). The molecule has 0 radical (unpaired) electrons. The van der Waals surface area contributed by atoms with Crippen LogP contribution in [0.4, 0.5) is 23.7 Å². The number of halogens is 3. The molecule has 1 unspecified atom stereocenters. The Balaban J connectivity index is 2.50. The van der Waals surface area contributed by atoms with Gasteiger partial charge in [0, 0.05) is 18.3 Å². The lowest BCUT2D eigenvalue weighted by atomic mass is 10.3. The maximum absolute atomic E-state index is 11.9. The van der Waals surface area contributed by atoms with E-state index in [2.05, 4.69) is 15.4 Å². The maximum atomic E-state index is 11.9. The number of carbonyl (C=O) groups is 1. The van der Waals surface area contributed by atoms with E-state index in [9.17, 15) is 18.0 Å². The van der Waals surface area contributed by atoms with Crippen LogP contribution in [-0.2, 0) is 0 Å². The quantitative estimate of drug-likeness (QED) is 0.788. The minimum absolute atomic E-state index is 0.187. The average Bonchev–Trinajstić information content (AvgIpc) is 2.27. The Morgan fingerprint density at radius 2 is 1.95 bits per heavy atom. The van der Waals surface area contributed by atoms with Crippen molar-refractivity contribution in [1.29, 1.82) is 0 Å².